The zero-order valence-electron chi connectivity index (χ0n) is 14.0. The summed E-state index contributed by atoms with van der Waals surface area (Å²) in [5.41, 5.74) is -0.619. The molecule has 1 spiro atoms. The number of hydrogen-bond donors (Lipinski definition) is 1. The third kappa shape index (κ3) is 2.49. The van der Waals surface area contributed by atoms with Gasteiger partial charge in [-0.2, -0.15) is 4.98 Å². The summed E-state index contributed by atoms with van der Waals surface area (Å²) in [6.07, 6.45) is 5.58. The van der Waals surface area contributed by atoms with E-state index in [2.05, 4.69) is 20.4 Å². The monoisotopic (exact) mass is 333 g/mol. The van der Waals surface area contributed by atoms with Crippen molar-refractivity contribution in [1.82, 2.24) is 25.3 Å². The Morgan fingerprint density at radius 2 is 2.04 bits per heavy atom. The van der Waals surface area contributed by atoms with Crippen molar-refractivity contribution in [3.8, 4) is 0 Å². The van der Waals surface area contributed by atoms with Crippen LogP contribution in [-0.2, 0) is 4.79 Å². The number of urea groups is 1. The topological polar surface area (TPSA) is 91.6 Å². The fourth-order valence-electron chi connectivity index (χ4n) is 4.26. The lowest BCUT2D eigenvalue weighted by Gasteiger charge is -2.24. The summed E-state index contributed by atoms with van der Waals surface area (Å²) in [5, 5.41) is 6.96. The number of carbonyl (C=O) groups excluding carboxylic acids is 2. The van der Waals surface area contributed by atoms with Crippen LogP contribution < -0.4 is 5.32 Å². The largest absolute Gasteiger partial charge is 0.340 e. The van der Waals surface area contributed by atoms with E-state index < -0.39 is 5.54 Å². The highest BCUT2D eigenvalue weighted by Gasteiger charge is 2.52. The second-order valence-corrected chi connectivity index (χ2v) is 7.04. The molecular formula is C16H23N5O3. The Bertz CT molecular complexity index is 652. The van der Waals surface area contributed by atoms with E-state index in [9.17, 15) is 9.59 Å². The fraction of sp³-hybridized carbons (Fsp3) is 0.750. The predicted octanol–water partition coefficient (Wildman–Crippen LogP) is 1.38. The van der Waals surface area contributed by atoms with E-state index in [-0.39, 0.29) is 18.0 Å². The molecule has 8 heteroatoms. The van der Waals surface area contributed by atoms with Crippen LogP contribution in [0.2, 0.25) is 0 Å². The second kappa shape index (κ2) is 5.84. The van der Waals surface area contributed by atoms with Gasteiger partial charge in [0.2, 0.25) is 5.89 Å². The Balaban J connectivity index is 1.41. The lowest BCUT2D eigenvalue weighted by Crippen LogP contribution is -2.44. The molecule has 4 rings (SSSR count). The molecule has 3 amide bonds. The molecule has 8 nitrogen and oxygen atoms in total. The molecule has 1 aromatic rings. The van der Waals surface area contributed by atoms with Gasteiger partial charge in [-0.1, -0.05) is 18.0 Å². The zero-order chi connectivity index (χ0) is 16.7. The molecule has 3 heterocycles. The molecular weight excluding hydrogens is 310 g/mol. The summed E-state index contributed by atoms with van der Waals surface area (Å²) in [6.45, 7) is 3.77. The van der Waals surface area contributed by atoms with Gasteiger partial charge in [0, 0.05) is 20.0 Å². The molecule has 0 bridgehead atoms. The lowest BCUT2D eigenvalue weighted by molar-refractivity contribution is -0.131. The Labute approximate surface area is 140 Å². The van der Waals surface area contributed by atoms with E-state index in [1.165, 1.54) is 4.90 Å². The average molecular weight is 333 g/mol. The molecule has 2 saturated heterocycles. The first-order valence-electron chi connectivity index (χ1n) is 8.77. The molecule has 1 unspecified atom stereocenters. The minimum atomic E-state index is -0.619. The molecule has 0 radical (unpaired) electrons. The first kappa shape index (κ1) is 15.6. The minimum absolute atomic E-state index is 0.0452. The highest BCUT2D eigenvalue weighted by atomic mass is 16.5. The minimum Gasteiger partial charge on any atom is -0.340 e. The molecule has 1 N–H and O–H groups in total. The molecule has 1 aromatic heterocycles. The second-order valence-electron chi connectivity index (χ2n) is 7.04. The van der Waals surface area contributed by atoms with Crippen molar-refractivity contribution in [3.63, 3.8) is 0 Å². The molecule has 2 aliphatic heterocycles. The number of aryl methyl sites for hydroxylation is 1. The van der Waals surface area contributed by atoms with Crippen LogP contribution in [0.3, 0.4) is 0 Å². The number of nitrogens with one attached hydrogen (secondary N) is 1. The van der Waals surface area contributed by atoms with Gasteiger partial charge in [-0.05, 0) is 32.2 Å². The van der Waals surface area contributed by atoms with Gasteiger partial charge in [-0.3, -0.25) is 14.6 Å². The van der Waals surface area contributed by atoms with Gasteiger partial charge >= 0.3 is 6.03 Å². The molecule has 130 valence electrons. The van der Waals surface area contributed by atoms with Crippen LogP contribution in [0.25, 0.3) is 0 Å². The number of carbonyl (C=O) groups is 2. The van der Waals surface area contributed by atoms with Crippen LogP contribution >= 0.6 is 0 Å². The van der Waals surface area contributed by atoms with E-state index in [0.717, 1.165) is 45.1 Å². The van der Waals surface area contributed by atoms with Crippen molar-refractivity contribution in [2.75, 3.05) is 19.6 Å². The smallest absolute Gasteiger partial charge is 0.325 e. The summed E-state index contributed by atoms with van der Waals surface area (Å²) in [7, 11) is 0. The summed E-state index contributed by atoms with van der Waals surface area (Å²) in [4.78, 5) is 32.9. The molecule has 24 heavy (non-hydrogen) atoms. The van der Waals surface area contributed by atoms with E-state index >= 15 is 0 Å². The number of likely N-dealkylation sites (tertiary alicyclic amines) is 1. The van der Waals surface area contributed by atoms with Gasteiger partial charge in [-0.25, -0.2) is 4.79 Å². The van der Waals surface area contributed by atoms with Crippen LogP contribution in [0, 0.1) is 6.92 Å². The molecule has 0 aromatic carbocycles. The van der Waals surface area contributed by atoms with Gasteiger partial charge < -0.3 is 9.84 Å². The van der Waals surface area contributed by atoms with E-state index in [1.54, 1.807) is 6.92 Å². The number of nitrogens with zero attached hydrogens (tertiary/aromatic N) is 4. The van der Waals surface area contributed by atoms with Crippen molar-refractivity contribution < 1.29 is 14.1 Å². The van der Waals surface area contributed by atoms with Gasteiger partial charge in [0.15, 0.2) is 5.82 Å². The normalized spacial score (nSPS) is 26.7. The SMILES string of the molecule is Cc1nc(C2CCCN2CCN2C(=O)NC3(CCCC3)C2=O)no1. The predicted molar refractivity (Wildman–Crippen MR) is 84.0 cm³/mol. The van der Waals surface area contributed by atoms with Crippen LogP contribution in [0.15, 0.2) is 4.52 Å². The first-order chi connectivity index (χ1) is 11.6. The van der Waals surface area contributed by atoms with Crippen LogP contribution in [0.5, 0.6) is 0 Å². The first-order valence-corrected chi connectivity index (χ1v) is 8.77. The zero-order valence-corrected chi connectivity index (χ0v) is 14.0. The molecule has 1 atom stereocenters. The van der Waals surface area contributed by atoms with Crippen molar-refractivity contribution in [1.29, 1.82) is 0 Å². The Kier molecular flexibility index (Phi) is 3.79. The number of imide groups is 1. The molecule has 3 aliphatic rings. The summed E-state index contributed by atoms with van der Waals surface area (Å²) in [5.74, 6) is 1.22. The van der Waals surface area contributed by atoms with Gasteiger partial charge in [0.05, 0.1) is 6.04 Å². The third-order valence-corrected chi connectivity index (χ3v) is 5.52. The van der Waals surface area contributed by atoms with Crippen LogP contribution in [0.1, 0.15) is 56.3 Å². The molecule has 3 fully saturated rings. The van der Waals surface area contributed by atoms with Crippen LogP contribution in [0.4, 0.5) is 4.79 Å². The third-order valence-electron chi connectivity index (χ3n) is 5.52. The quantitative estimate of drug-likeness (QED) is 0.837. The average Bonchev–Trinajstić information content (AvgIpc) is 3.30. The number of aromatic nitrogens is 2. The molecule has 1 aliphatic carbocycles. The van der Waals surface area contributed by atoms with Crippen molar-refractivity contribution in [2.45, 2.75) is 57.0 Å². The van der Waals surface area contributed by atoms with Crippen LogP contribution in [-0.4, -0.2) is 57.1 Å². The maximum Gasteiger partial charge on any atom is 0.325 e. The van der Waals surface area contributed by atoms with Crippen molar-refractivity contribution in [3.05, 3.63) is 11.7 Å². The highest BCUT2D eigenvalue weighted by Crippen LogP contribution is 2.35. The van der Waals surface area contributed by atoms with E-state index in [1.807, 2.05) is 0 Å². The van der Waals surface area contributed by atoms with Gasteiger partial charge in [0.25, 0.3) is 5.91 Å². The Morgan fingerprint density at radius 1 is 1.25 bits per heavy atom. The fourth-order valence-corrected chi connectivity index (χ4v) is 4.26. The van der Waals surface area contributed by atoms with Gasteiger partial charge in [-0.15, -0.1) is 0 Å². The van der Waals surface area contributed by atoms with E-state index in [0.29, 0.717) is 24.8 Å². The van der Waals surface area contributed by atoms with Gasteiger partial charge in [0.1, 0.15) is 5.54 Å². The number of rotatable bonds is 4. The Hall–Kier alpha value is -1.96. The molecule has 1 saturated carbocycles. The van der Waals surface area contributed by atoms with Crippen molar-refractivity contribution >= 4 is 11.9 Å². The maximum absolute atomic E-state index is 12.7. The van der Waals surface area contributed by atoms with E-state index in [4.69, 9.17) is 4.52 Å². The standard InChI is InChI=1S/C16H23N5O3/c1-11-17-13(19-24-11)12-5-4-8-20(12)9-10-21-14(22)16(18-15(21)23)6-2-3-7-16/h12H,2-10H2,1H3,(H,18,23). The lowest BCUT2D eigenvalue weighted by atomic mass is 9.98. The number of amides is 3. The van der Waals surface area contributed by atoms with Crippen molar-refractivity contribution in [2.24, 2.45) is 0 Å². The maximum atomic E-state index is 12.7. The summed E-state index contributed by atoms with van der Waals surface area (Å²) < 4.78 is 5.08. The highest BCUT2D eigenvalue weighted by molar-refractivity contribution is 6.07. The summed E-state index contributed by atoms with van der Waals surface area (Å²) >= 11 is 0. The summed E-state index contributed by atoms with van der Waals surface area (Å²) in [6, 6.07) is -0.128. The Morgan fingerprint density at radius 3 is 2.75 bits per heavy atom. The number of hydrogen-bond acceptors (Lipinski definition) is 6.